The first-order chi connectivity index (χ1) is 10.1. The van der Waals surface area contributed by atoms with E-state index in [9.17, 15) is 4.79 Å². The molecule has 0 spiro atoms. The zero-order valence-electron chi connectivity index (χ0n) is 13.7. The van der Waals surface area contributed by atoms with Crippen molar-refractivity contribution in [2.45, 2.75) is 64.5 Å². The monoisotopic (exact) mass is 293 g/mol. The number of hydrogen-bond acceptors (Lipinski definition) is 3. The van der Waals surface area contributed by atoms with E-state index in [4.69, 9.17) is 0 Å². The predicted molar refractivity (Wildman–Crippen MR) is 85.2 cm³/mol. The Morgan fingerprint density at radius 2 is 1.71 bits per heavy atom. The van der Waals surface area contributed by atoms with Crippen molar-refractivity contribution in [2.75, 3.05) is 32.7 Å². The van der Waals surface area contributed by atoms with Gasteiger partial charge in [0.15, 0.2) is 0 Å². The lowest BCUT2D eigenvalue weighted by Gasteiger charge is -2.43. The van der Waals surface area contributed by atoms with E-state index in [1.54, 1.807) is 0 Å². The Balaban J connectivity index is 1.54. The maximum absolute atomic E-state index is 12.8. The third-order valence-corrected chi connectivity index (χ3v) is 5.81. The summed E-state index contributed by atoms with van der Waals surface area (Å²) in [5, 5.41) is 3.47. The summed E-state index contributed by atoms with van der Waals surface area (Å²) >= 11 is 0. The molecule has 0 aromatic rings. The van der Waals surface area contributed by atoms with Gasteiger partial charge < -0.3 is 15.1 Å². The van der Waals surface area contributed by atoms with Gasteiger partial charge in [-0.05, 0) is 63.6 Å². The molecule has 0 aliphatic carbocycles. The summed E-state index contributed by atoms with van der Waals surface area (Å²) in [5.74, 6) is 0.347. The molecule has 1 unspecified atom stereocenters. The molecule has 4 nitrogen and oxygen atoms in total. The van der Waals surface area contributed by atoms with Crippen molar-refractivity contribution in [3.05, 3.63) is 0 Å². The molecule has 0 radical (unpaired) electrons. The van der Waals surface area contributed by atoms with Gasteiger partial charge in [0, 0.05) is 19.1 Å². The van der Waals surface area contributed by atoms with Gasteiger partial charge in [0.25, 0.3) is 0 Å². The molecule has 3 aliphatic rings. The summed E-state index contributed by atoms with van der Waals surface area (Å²) in [5.41, 5.74) is 0.0983. The number of nitrogens with one attached hydrogen (secondary N) is 1. The van der Waals surface area contributed by atoms with E-state index in [0.717, 1.165) is 32.1 Å². The molecule has 0 saturated carbocycles. The van der Waals surface area contributed by atoms with Gasteiger partial charge in [-0.3, -0.25) is 4.79 Å². The van der Waals surface area contributed by atoms with Crippen LogP contribution in [0.3, 0.4) is 0 Å². The largest absolute Gasteiger partial charge is 0.341 e. The zero-order chi connectivity index (χ0) is 14.9. The quantitative estimate of drug-likeness (QED) is 0.844. The summed E-state index contributed by atoms with van der Waals surface area (Å²) < 4.78 is 0. The Labute approximate surface area is 129 Å². The van der Waals surface area contributed by atoms with Gasteiger partial charge in [-0.1, -0.05) is 13.8 Å². The second-order valence-electron chi connectivity index (χ2n) is 7.78. The summed E-state index contributed by atoms with van der Waals surface area (Å²) in [7, 11) is 0. The first-order valence-corrected chi connectivity index (χ1v) is 8.84. The number of amides is 1. The first kappa shape index (κ1) is 15.3. The molecule has 120 valence electrons. The highest BCUT2D eigenvalue weighted by molar-refractivity contribution is 5.83. The standard InChI is InChI=1S/C17H31N3O/c1-17(2)8-5-9-18-15(17)16(21)20-12-6-14(7-13-20)19-10-3-4-11-19/h14-15,18H,3-13H2,1-2H3. The fourth-order valence-corrected chi connectivity index (χ4v) is 4.37. The van der Waals surface area contributed by atoms with Crippen LogP contribution in [-0.4, -0.2) is 60.5 Å². The van der Waals surface area contributed by atoms with Crippen LogP contribution in [0.15, 0.2) is 0 Å². The second-order valence-corrected chi connectivity index (χ2v) is 7.78. The number of hydrogen-bond donors (Lipinski definition) is 1. The molecule has 4 heteroatoms. The summed E-state index contributed by atoms with van der Waals surface area (Å²) in [6.45, 7) is 9.91. The van der Waals surface area contributed by atoms with E-state index in [1.807, 2.05) is 0 Å². The molecule has 1 amide bonds. The molecular weight excluding hydrogens is 262 g/mol. The van der Waals surface area contributed by atoms with Crippen molar-refractivity contribution < 1.29 is 4.79 Å². The molecule has 21 heavy (non-hydrogen) atoms. The van der Waals surface area contributed by atoms with E-state index >= 15 is 0 Å². The van der Waals surface area contributed by atoms with E-state index < -0.39 is 0 Å². The van der Waals surface area contributed by atoms with Crippen LogP contribution in [0, 0.1) is 5.41 Å². The number of rotatable bonds is 2. The van der Waals surface area contributed by atoms with Crippen LogP contribution in [0.1, 0.15) is 52.4 Å². The van der Waals surface area contributed by atoms with Crippen molar-refractivity contribution in [1.82, 2.24) is 15.1 Å². The van der Waals surface area contributed by atoms with Crippen LogP contribution in [0.5, 0.6) is 0 Å². The maximum atomic E-state index is 12.8. The van der Waals surface area contributed by atoms with Crippen LogP contribution < -0.4 is 5.32 Å². The number of likely N-dealkylation sites (tertiary alicyclic amines) is 2. The predicted octanol–water partition coefficient (Wildman–Crippen LogP) is 1.85. The van der Waals surface area contributed by atoms with Crippen molar-refractivity contribution in [3.63, 3.8) is 0 Å². The lowest BCUT2D eigenvalue weighted by molar-refractivity contribution is -0.139. The summed E-state index contributed by atoms with van der Waals surface area (Å²) in [4.78, 5) is 17.6. The normalized spacial score (nSPS) is 31.5. The molecule has 3 heterocycles. The van der Waals surface area contributed by atoms with Gasteiger partial charge in [0.1, 0.15) is 0 Å². The minimum atomic E-state index is 0.0228. The molecule has 3 fully saturated rings. The number of nitrogens with zero attached hydrogens (tertiary/aromatic N) is 2. The molecule has 3 rings (SSSR count). The maximum Gasteiger partial charge on any atom is 0.240 e. The zero-order valence-corrected chi connectivity index (χ0v) is 13.7. The van der Waals surface area contributed by atoms with Gasteiger partial charge in [0.05, 0.1) is 6.04 Å². The van der Waals surface area contributed by atoms with Crippen LogP contribution in [-0.2, 0) is 4.79 Å². The van der Waals surface area contributed by atoms with E-state index in [2.05, 4.69) is 29.0 Å². The molecule has 1 N–H and O–H groups in total. The lowest BCUT2D eigenvalue weighted by Crippen LogP contribution is -2.58. The number of piperidine rings is 2. The fraction of sp³-hybridized carbons (Fsp3) is 0.941. The fourth-order valence-electron chi connectivity index (χ4n) is 4.37. The lowest BCUT2D eigenvalue weighted by atomic mass is 9.77. The summed E-state index contributed by atoms with van der Waals surface area (Å²) in [6.07, 6.45) is 7.39. The third-order valence-electron chi connectivity index (χ3n) is 5.81. The average molecular weight is 293 g/mol. The smallest absolute Gasteiger partial charge is 0.240 e. The molecule has 3 saturated heterocycles. The van der Waals surface area contributed by atoms with Gasteiger partial charge in [-0.15, -0.1) is 0 Å². The SMILES string of the molecule is CC1(C)CCCNC1C(=O)N1CCC(N2CCCC2)CC1. The van der Waals surface area contributed by atoms with Crippen LogP contribution in [0.2, 0.25) is 0 Å². The number of carbonyl (C=O) groups is 1. The van der Waals surface area contributed by atoms with Crippen LogP contribution >= 0.6 is 0 Å². The Bertz CT molecular complexity index is 368. The van der Waals surface area contributed by atoms with Gasteiger partial charge in [0.2, 0.25) is 5.91 Å². The highest BCUT2D eigenvalue weighted by atomic mass is 16.2. The van der Waals surface area contributed by atoms with Crippen molar-refractivity contribution >= 4 is 5.91 Å². The van der Waals surface area contributed by atoms with Crippen molar-refractivity contribution in [2.24, 2.45) is 5.41 Å². The minimum absolute atomic E-state index is 0.0228. The van der Waals surface area contributed by atoms with Gasteiger partial charge in [-0.25, -0.2) is 0 Å². The van der Waals surface area contributed by atoms with Crippen molar-refractivity contribution in [1.29, 1.82) is 0 Å². The summed E-state index contributed by atoms with van der Waals surface area (Å²) in [6, 6.07) is 0.749. The highest BCUT2D eigenvalue weighted by Gasteiger charge is 2.40. The topological polar surface area (TPSA) is 35.6 Å². The van der Waals surface area contributed by atoms with Crippen molar-refractivity contribution in [3.8, 4) is 0 Å². The van der Waals surface area contributed by atoms with Gasteiger partial charge in [-0.2, -0.15) is 0 Å². The highest BCUT2D eigenvalue weighted by Crippen LogP contribution is 2.32. The Morgan fingerprint density at radius 3 is 2.33 bits per heavy atom. The Hall–Kier alpha value is -0.610. The third kappa shape index (κ3) is 3.26. The van der Waals surface area contributed by atoms with E-state index in [0.29, 0.717) is 5.91 Å². The van der Waals surface area contributed by atoms with Crippen LogP contribution in [0.4, 0.5) is 0 Å². The van der Waals surface area contributed by atoms with E-state index in [-0.39, 0.29) is 11.5 Å². The molecular formula is C17H31N3O. The molecule has 0 bridgehead atoms. The Morgan fingerprint density at radius 1 is 1.05 bits per heavy atom. The second kappa shape index (κ2) is 6.25. The Kier molecular flexibility index (Phi) is 4.55. The number of carbonyl (C=O) groups excluding carboxylic acids is 1. The van der Waals surface area contributed by atoms with Gasteiger partial charge >= 0.3 is 0 Å². The molecule has 0 aromatic carbocycles. The molecule has 0 aromatic heterocycles. The molecule has 3 aliphatic heterocycles. The average Bonchev–Trinajstić information content (AvgIpc) is 3.00. The van der Waals surface area contributed by atoms with Crippen LogP contribution in [0.25, 0.3) is 0 Å². The first-order valence-electron chi connectivity index (χ1n) is 8.84. The minimum Gasteiger partial charge on any atom is -0.341 e. The molecule has 1 atom stereocenters. The van der Waals surface area contributed by atoms with E-state index in [1.165, 1.54) is 45.2 Å².